The topological polar surface area (TPSA) is 55.1 Å². The quantitative estimate of drug-likeness (QED) is 0.789. The van der Waals surface area contributed by atoms with Crippen molar-refractivity contribution in [3.8, 4) is 0 Å². The second kappa shape index (κ2) is 6.17. The highest BCUT2D eigenvalue weighted by molar-refractivity contribution is 5.75. The van der Waals surface area contributed by atoms with Crippen LogP contribution in [0.25, 0.3) is 0 Å². The molecule has 1 amide bonds. The Morgan fingerprint density at radius 3 is 2.69 bits per heavy atom. The van der Waals surface area contributed by atoms with E-state index < -0.39 is 11.6 Å². The van der Waals surface area contributed by atoms with Gasteiger partial charge in [-0.05, 0) is 24.1 Å². The minimum Gasteiger partial charge on any atom is -0.356 e. The van der Waals surface area contributed by atoms with Gasteiger partial charge < -0.3 is 11.1 Å². The van der Waals surface area contributed by atoms with E-state index in [0.29, 0.717) is 25.1 Å². The molecular formula is C11H14F2N2O. The van der Waals surface area contributed by atoms with Gasteiger partial charge in [-0.15, -0.1) is 0 Å². The number of rotatable bonds is 5. The molecule has 0 spiro atoms. The highest BCUT2D eigenvalue weighted by Crippen LogP contribution is 2.08. The molecule has 1 rings (SSSR count). The van der Waals surface area contributed by atoms with E-state index in [1.165, 1.54) is 6.07 Å². The molecule has 0 heterocycles. The van der Waals surface area contributed by atoms with E-state index in [9.17, 15) is 13.6 Å². The largest absolute Gasteiger partial charge is 0.356 e. The van der Waals surface area contributed by atoms with Crippen LogP contribution in [-0.4, -0.2) is 19.0 Å². The third-order valence-electron chi connectivity index (χ3n) is 2.09. The molecule has 0 atom stereocenters. The Hall–Kier alpha value is -1.49. The fraction of sp³-hybridized carbons (Fsp3) is 0.364. The molecule has 16 heavy (non-hydrogen) atoms. The number of hydrogen-bond donors (Lipinski definition) is 2. The van der Waals surface area contributed by atoms with Crippen LogP contribution in [0.1, 0.15) is 12.0 Å². The molecule has 0 radical (unpaired) electrons. The first-order valence-electron chi connectivity index (χ1n) is 5.04. The Balaban J connectivity index is 2.37. The summed E-state index contributed by atoms with van der Waals surface area (Å²) in [5.74, 6) is -1.87. The van der Waals surface area contributed by atoms with Gasteiger partial charge in [0.1, 0.15) is 0 Å². The second-order valence-electron chi connectivity index (χ2n) is 3.39. The van der Waals surface area contributed by atoms with Crippen LogP contribution in [0.2, 0.25) is 0 Å². The van der Waals surface area contributed by atoms with Crippen molar-refractivity contribution in [2.45, 2.75) is 12.8 Å². The van der Waals surface area contributed by atoms with Crippen LogP contribution in [0.15, 0.2) is 18.2 Å². The van der Waals surface area contributed by atoms with Crippen molar-refractivity contribution in [2.75, 3.05) is 13.1 Å². The van der Waals surface area contributed by atoms with Crippen molar-refractivity contribution in [1.29, 1.82) is 0 Å². The monoisotopic (exact) mass is 228 g/mol. The lowest BCUT2D eigenvalue weighted by atomic mass is 10.1. The maximum atomic E-state index is 12.8. The molecular weight excluding hydrogens is 214 g/mol. The Kier molecular flexibility index (Phi) is 4.85. The van der Waals surface area contributed by atoms with E-state index >= 15 is 0 Å². The SMILES string of the molecule is NCCC(=O)NCCc1ccc(F)c(F)c1. The lowest BCUT2D eigenvalue weighted by Crippen LogP contribution is -2.27. The molecule has 0 aliphatic heterocycles. The van der Waals surface area contributed by atoms with E-state index in [2.05, 4.69) is 5.32 Å². The minimum absolute atomic E-state index is 0.134. The molecule has 88 valence electrons. The summed E-state index contributed by atoms with van der Waals surface area (Å²) >= 11 is 0. The van der Waals surface area contributed by atoms with Gasteiger partial charge in [-0.1, -0.05) is 6.07 Å². The molecule has 0 aliphatic rings. The average Bonchev–Trinajstić information content (AvgIpc) is 2.24. The summed E-state index contributed by atoms with van der Waals surface area (Å²) in [5.41, 5.74) is 5.84. The average molecular weight is 228 g/mol. The summed E-state index contributed by atoms with van der Waals surface area (Å²) in [7, 11) is 0. The number of carbonyl (C=O) groups is 1. The summed E-state index contributed by atoms with van der Waals surface area (Å²) < 4.78 is 25.4. The molecule has 0 aliphatic carbocycles. The van der Waals surface area contributed by atoms with Gasteiger partial charge in [-0.2, -0.15) is 0 Å². The van der Waals surface area contributed by atoms with Crippen LogP contribution in [-0.2, 0) is 11.2 Å². The Bertz CT molecular complexity index is 369. The minimum atomic E-state index is -0.870. The second-order valence-corrected chi connectivity index (χ2v) is 3.39. The first-order chi connectivity index (χ1) is 7.63. The van der Waals surface area contributed by atoms with Crippen molar-refractivity contribution < 1.29 is 13.6 Å². The van der Waals surface area contributed by atoms with Crippen LogP contribution in [0.4, 0.5) is 8.78 Å². The van der Waals surface area contributed by atoms with Gasteiger partial charge in [0.05, 0.1) is 0 Å². The molecule has 1 aromatic carbocycles. The molecule has 1 aromatic rings. The van der Waals surface area contributed by atoms with Gasteiger partial charge in [0.25, 0.3) is 0 Å². The lowest BCUT2D eigenvalue weighted by Gasteiger charge is -2.04. The highest BCUT2D eigenvalue weighted by Gasteiger charge is 2.03. The van der Waals surface area contributed by atoms with Gasteiger partial charge in [0.15, 0.2) is 11.6 Å². The van der Waals surface area contributed by atoms with Gasteiger partial charge in [0, 0.05) is 19.5 Å². The number of hydrogen-bond acceptors (Lipinski definition) is 2. The molecule has 3 nitrogen and oxygen atoms in total. The Labute approximate surface area is 92.6 Å². The third-order valence-corrected chi connectivity index (χ3v) is 2.09. The van der Waals surface area contributed by atoms with Gasteiger partial charge >= 0.3 is 0 Å². The zero-order chi connectivity index (χ0) is 12.0. The van der Waals surface area contributed by atoms with Gasteiger partial charge in [-0.25, -0.2) is 8.78 Å². The Morgan fingerprint density at radius 1 is 1.31 bits per heavy atom. The Morgan fingerprint density at radius 2 is 2.06 bits per heavy atom. The van der Waals surface area contributed by atoms with Crippen molar-refractivity contribution in [2.24, 2.45) is 5.73 Å². The van der Waals surface area contributed by atoms with Crippen molar-refractivity contribution in [1.82, 2.24) is 5.32 Å². The summed E-state index contributed by atoms with van der Waals surface area (Å²) in [4.78, 5) is 11.0. The first kappa shape index (κ1) is 12.6. The van der Waals surface area contributed by atoms with Crippen molar-refractivity contribution in [3.05, 3.63) is 35.4 Å². The summed E-state index contributed by atoms with van der Waals surface area (Å²) in [5, 5.41) is 2.63. The van der Waals surface area contributed by atoms with Crippen LogP contribution in [0.5, 0.6) is 0 Å². The number of nitrogens with one attached hydrogen (secondary N) is 1. The van der Waals surface area contributed by atoms with Crippen LogP contribution in [0, 0.1) is 11.6 Å². The van der Waals surface area contributed by atoms with E-state index in [1.54, 1.807) is 0 Å². The zero-order valence-electron chi connectivity index (χ0n) is 8.80. The summed E-state index contributed by atoms with van der Waals surface area (Å²) in [6, 6.07) is 3.70. The normalized spacial score (nSPS) is 10.2. The predicted octanol–water partition coefficient (Wildman–Crippen LogP) is 0.972. The van der Waals surface area contributed by atoms with Crippen LogP contribution < -0.4 is 11.1 Å². The van der Waals surface area contributed by atoms with Gasteiger partial charge in [-0.3, -0.25) is 4.79 Å². The number of amides is 1. The van der Waals surface area contributed by atoms with E-state index in [-0.39, 0.29) is 12.3 Å². The molecule has 5 heteroatoms. The number of carbonyl (C=O) groups excluding carboxylic acids is 1. The predicted molar refractivity (Wildman–Crippen MR) is 56.7 cm³/mol. The molecule has 0 unspecified atom stereocenters. The molecule has 0 aromatic heterocycles. The molecule has 0 saturated heterocycles. The molecule has 3 N–H and O–H groups in total. The van der Waals surface area contributed by atoms with Crippen molar-refractivity contribution >= 4 is 5.91 Å². The lowest BCUT2D eigenvalue weighted by molar-refractivity contribution is -0.120. The third kappa shape index (κ3) is 3.94. The van der Waals surface area contributed by atoms with Crippen LogP contribution >= 0.6 is 0 Å². The maximum absolute atomic E-state index is 12.8. The number of benzene rings is 1. The van der Waals surface area contributed by atoms with Crippen molar-refractivity contribution in [3.63, 3.8) is 0 Å². The maximum Gasteiger partial charge on any atom is 0.221 e. The number of halogens is 2. The molecule has 0 fully saturated rings. The zero-order valence-corrected chi connectivity index (χ0v) is 8.80. The summed E-state index contributed by atoms with van der Waals surface area (Å²) in [6.45, 7) is 0.695. The molecule has 0 saturated carbocycles. The smallest absolute Gasteiger partial charge is 0.221 e. The van der Waals surface area contributed by atoms with Gasteiger partial charge in [0.2, 0.25) is 5.91 Å². The van der Waals surface area contributed by atoms with E-state index in [1.807, 2.05) is 0 Å². The standard InChI is InChI=1S/C11H14F2N2O/c12-9-2-1-8(7-10(9)13)4-6-15-11(16)3-5-14/h1-2,7H,3-6,14H2,(H,15,16). The van der Waals surface area contributed by atoms with Crippen LogP contribution in [0.3, 0.4) is 0 Å². The first-order valence-corrected chi connectivity index (χ1v) is 5.04. The molecule has 0 bridgehead atoms. The van der Waals surface area contributed by atoms with E-state index in [4.69, 9.17) is 5.73 Å². The fourth-order valence-corrected chi connectivity index (χ4v) is 1.26. The fourth-order valence-electron chi connectivity index (χ4n) is 1.26. The number of nitrogens with two attached hydrogens (primary N) is 1. The van der Waals surface area contributed by atoms with E-state index in [0.717, 1.165) is 12.1 Å². The highest BCUT2D eigenvalue weighted by atomic mass is 19.2. The summed E-state index contributed by atoms with van der Waals surface area (Å²) in [6.07, 6.45) is 0.741.